The molecule has 0 N–H and O–H groups in total. The predicted molar refractivity (Wildman–Crippen MR) is 60.8 cm³/mol. The first-order valence-corrected chi connectivity index (χ1v) is 5.43. The summed E-state index contributed by atoms with van der Waals surface area (Å²) >= 11 is 3.01. The summed E-state index contributed by atoms with van der Waals surface area (Å²) in [4.78, 5) is 0. The highest BCUT2D eigenvalue weighted by Gasteiger charge is 2.14. The van der Waals surface area contributed by atoms with E-state index in [-0.39, 0.29) is 21.9 Å². The lowest BCUT2D eigenvalue weighted by Crippen LogP contribution is -2.18. The molecule has 1 atom stereocenters. The Morgan fingerprint density at radius 2 is 2.25 bits per heavy atom. The van der Waals surface area contributed by atoms with E-state index in [1.54, 1.807) is 14.0 Å². The van der Waals surface area contributed by atoms with E-state index in [1.807, 2.05) is 6.07 Å². The Balaban J connectivity index is 2.91. The van der Waals surface area contributed by atoms with Crippen LogP contribution in [0.5, 0.6) is 5.75 Å². The van der Waals surface area contributed by atoms with E-state index in [2.05, 4.69) is 15.9 Å². The molecule has 0 fully saturated rings. The van der Waals surface area contributed by atoms with Gasteiger partial charge in [-0.1, -0.05) is 0 Å². The maximum Gasteiger partial charge on any atom is 0.180 e. The highest BCUT2D eigenvalue weighted by molar-refractivity contribution is 9.10. The van der Waals surface area contributed by atoms with Crippen molar-refractivity contribution in [1.29, 1.82) is 5.26 Å². The third-order valence-corrected chi connectivity index (χ3v) is 2.67. The molecular formula is C11H11BrFNO2. The van der Waals surface area contributed by atoms with E-state index in [1.165, 1.54) is 12.1 Å². The van der Waals surface area contributed by atoms with E-state index in [0.717, 1.165) is 0 Å². The van der Waals surface area contributed by atoms with Crippen molar-refractivity contribution in [3.63, 3.8) is 0 Å². The summed E-state index contributed by atoms with van der Waals surface area (Å²) in [6.07, 6.45) is -0.251. The molecule has 0 spiro atoms. The van der Waals surface area contributed by atoms with Crippen LogP contribution in [-0.2, 0) is 4.74 Å². The van der Waals surface area contributed by atoms with Crippen LogP contribution < -0.4 is 4.74 Å². The Morgan fingerprint density at radius 3 is 2.81 bits per heavy atom. The van der Waals surface area contributed by atoms with Gasteiger partial charge in [0.1, 0.15) is 12.2 Å². The van der Waals surface area contributed by atoms with Crippen LogP contribution in [0.15, 0.2) is 16.6 Å². The van der Waals surface area contributed by atoms with Crippen molar-refractivity contribution in [2.24, 2.45) is 0 Å². The molecule has 0 aliphatic heterocycles. The van der Waals surface area contributed by atoms with E-state index in [0.29, 0.717) is 6.61 Å². The van der Waals surface area contributed by atoms with Crippen LogP contribution >= 0.6 is 15.9 Å². The van der Waals surface area contributed by atoms with Gasteiger partial charge in [0, 0.05) is 7.11 Å². The maximum absolute atomic E-state index is 13.7. The first-order chi connectivity index (χ1) is 7.60. The average molecular weight is 288 g/mol. The number of ether oxygens (including phenoxy) is 2. The zero-order valence-corrected chi connectivity index (χ0v) is 10.5. The summed E-state index contributed by atoms with van der Waals surface area (Å²) in [5.74, 6) is -0.461. The number of hydrogen-bond donors (Lipinski definition) is 0. The summed E-state index contributed by atoms with van der Waals surface area (Å²) < 4.78 is 24.0. The predicted octanol–water partition coefficient (Wildman–Crippen LogP) is 2.87. The molecule has 0 aliphatic rings. The maximum atomic E-state index is 13.7. The normalized spacial score (nSPS) is 11.9. The quantitative estimate of drug-likeness (QED) is 0.855. The number of rotatable bonds is 4. The van der Waals surface area contributed by atoms with Crippen LogP contribution in [-0.4, -0.2) is 19.8 Å². The largest absolute Gasteiger partial charge is 0.485 e. The Labute approximate surface area is 102 Å². The highest BCUT2D eigenvalue weighted by atomic mass is 79.9. The number of halogens is 2. The lowest BCUT2D eigenvalue weighted by atomic mass is 10.2. The molecule has 0 amide bonds. The smallest absolute Gasteiger partial charge is 0.180 e. The minimum atomic E-state index is -0.568. The first-order valence-electron chi connectivity index (χ1n) is 4.63. The topological polar surface area (TPSA) is 42.2 Å². The van der Waals surface area contributed by atoms with E-state index < -0.39 is 5.82 Å². The minimum Gasteiger partial charge on any atom is -0.485 e. The summed E-state index contributed by atoms with van der Waals surface area (Å²) in [5, 5.41) is 8.69. The molecule has 0 aromatic heterocycles. The van der Waals surface area contributed by atoms with Crippen molar-refractivity contribution in [2.45, 2.75) is 13.0 Å². The van der Waals surface area contributed by atoms with Crippen molar-refractivity contribution in [1.82, 2.24) is 0 Å². The van der Waals surface area contributed by atoms with Gasteiger partial charge in [-0.05, 0) is 35.0 Å². The minimum absolute atomic E-state index is 0.107. The van der Waals surface area contributed by atoms with Gasteiger partial charge in [-0.2, -0.15) is 5.26 Å². The molecule has 0 saturated heterocycles. The molecule has 5 heteroatoms. The average Bonchev–Trinajstić information content (AvgIpc) is 2.25. The fourth-order valence-electron chi connectivity index (χ4n) is 1.19. The molecular weight excluding hydrogens is 277 g/mol. The van der Waals surface area contributed by atoms with Crippen LogP contribution in [0.2, 0.25) is 0 Å². The molecule has 86 valence electrons. The molecule has 0 heterocycles. The summed E-state index contributed by atoms with van der Waals surface area (Å²) in [7, 11) is 1.55. The van der Waals surface area contributed by atoms with Crippen LogP contribution in [0.25, 0.3) is 0 Å². The Kier molecular flexibility index (Phi) is 4.71. The van der Waals surface area contributed by atoms with Gasteiger partial charge >= 0.3 is 0 Å². The van der Waals surface area contributed by atoms with Gasteiger partial charge in [-0.3, -0.25) is 0 Å². The fraction of sp³-hybridized carbons (Fsp3) is 0.364. The van der Waals surface area contributed by atoms with Gasteiger partial charge in [0.2, 0.25) is 0 Å². The van der Waals surface area contributed by atoms with Crippen LogP contribution in [0.3, 0.4) is 0 Å². The van der Waals surface area contributed by atoms with Crippen molar-refractivity contribution in [2.75, 3.05) is 13.7 Å². The monoisotopic (exact) mass is 287 g/mol. The number of nitriles is 1. The Bertz CT molecular complexity index is 417. The second-order valence-corrected chi connectivity index (χ2v) is 4.03. The van der Waals surface area contributed by atoms with E-state index in [4.69, 9.17) is 14.7 Å². The van der Waals surface area contributed by atoms with Gasteiger partial charge in [0.15, 0.2) is 11.6 Å². The Morgan fingerprint density at radius 1 is 1.56 bits per heavy atom. The summed E-state index contributed by atoms with van der Waals surface area (Å²) in [6.45, 7) is 2.14. The highest BCUT2D eigenvalue weighted by Crippen LogP contribution is 2.28. The molecule has 1 aromatic rings. The van der Waals surface area contributed by atoms with E-state index in [9.17, 15) is 4.39 Å². The third-order valence-electron chi connectivity index (χ3n) is 1.90. The summed E-state index contributed by atoms with van der Waals surface area (Å²) in [6, 6.07) is 4.81. The molecule has 1 unspecified atom stereocenters. The number of hydrogen-bond acceptors (Lipinski definition) is 3. The van der Waals surface area contributed by atoms with Gasteiger partial charge < -0.3 is 9.47 Å². The molecule has 1 rings (SSSR count). The zero-order valence-electron chi connectivity index (χ0n) is 8.96. The number of benzene rings is 1. The van der Waals surface area contributed by atoms with Crippen molar-refractivity contribution in [3.05, 3.63) is 28.0 Å². The third kappa shape index (κ3) is 2.94. The van der Waals surface area contributed by atoms with Crippen LogP contribution in [0.4, 0.5) is 4.39 Å². The summed E-state index contributed by atoms with van der Waals surface area (Å²) in [5.41, 5.74) is 0.240. The molecule has 16 heavy (non-hydrogen) atoms. The van der Waals surface area contributed by atoms with Crippen molar-refractivity contribution >= 4 is 15.9 Å². The van der Waals surface area contributed by atoms with E-state index >= 15 is 0 Å². The standard InChI is InChI=1S/C11H11BrFNO2/c1-7(6-15-2)16-9-4-3-8(5-14)10(12)11(9)13/h3-4,7H,6H2,1-2H3. The van der Waals surface area contributed by atoms with Crippen molar-refractivity contribution < 1.29 is 13.9 Å². The zero-order chi connectivity index (χ0) is 12.1. The van der Waals surface area contributed by atoms with Gasteiger partial charge in [-0.15, -0.1) is 0 Å². The number of nitrogens with zero attached hydrogens (tertiary/aromatic N) is 1. The van der Waals surface area contributed by atoms with Gasteiger partial charge in [-0.25, -0.2) is 4.39 Å². The van der Waals surface area contributed by atoms with Gasteiger partial charge in [0.05, 0.1) is 16.6 Å². The second-order valence-electron chi connectivity index (χ2n) is 3.23. The molecule has 3 nitrogen and oxygen atoms in total. The van der Waals surface area contributed by atoms with Gasteiger partial charge in [0.25, 0.3) is 0 Å². The first kappa shape index (κ1) is 12.9. The SMILES string of the molecule is COCC(C)Oc1ccc(C#N)c(Br)c1F. The number of methoxy groups -OCH3 is 1. The van der Waals surface area contributed by atoms with Crippen LogP contribution in [0, 0.1) is 17.1 Å². The van der Waals surface area contributed by atoms with Crippen molar-refractivity contribution in [3.8, 4) is 11.8 Å². The second kappa shape index (κ2) is 5.83. The molecule has 1 aromatic carbocycles. The van der Waals surface area contributed by atoms with Crippen LogP contribution in [0.1, 0.15) is 12.5 Å². The lowest BCUT2D eigenvalue weighted by Gasteiger charge is -2.14. The molecule has 0 bridgehead atoms. The molecule has 0 radical (unpaired) electrons. The fourth-order valence-corrected chi connectivity index (χ4v) is 1.61. The molecule has 0 saturated carbocycles. The Hall–Kier alpha value is -1.12. The lowest BCUT2D eigenvalue weighted by molar-refractivity contribution is 0.0892. The molecule has 0 aliphatic carbocycles.